The van der Waals surface area contributed by atoms with Crippen molar-refractivity contribution in [1.29, 1.82) is 0 Å². The maximum atomic E-state index is 12.5. The third-order valence-corrected chi connectivity index (χ3v) is 2.99. The molecule has 0 aliphatic carbocycles. The fraction of sp³-hybridized carbons (Fsp3) is 0.500. The van der Waals surface area contributed by atoms with Crippen molar-refractivity contribution in [1.82, 2.24) is 4.98 Å². The van der Waals surface area contributed by atoms with Crippen LogP contribution in [-0.2, 0) is 10.9 Å². The number of aromatic nitrogens is 1. The first-order chi connectivity index (χ1) is 7.21. The third kappa shape index (κ3) is 3.29. The van der Waals surface area contributed by atoms with Crippen molar-refractivity contribution in [2.75, 3.05) is 0 Å². The number of alkyl halides is 3. The van der Waals surface area contributed by atoms with Crippen LogP contribution < -0.4 is 0 Å². The van der Waals surface area contributed by atoms with Gasteiger partial charge < -0.3 is 4.74 Å². The first-order valence-corrected chi connectivity index (χ1v) is 5.76. The van der Waals surface area contributed by atoms with Crippen LogP contribution in [0.2, 0.25) is 4.47 Å². The molecule has 1 heterocycles. The van der Waals surface area contributed by atoms with Crippen molar-refractivity contribution in [3.05, 3.63) is 15.0 Å². The van der Waals surface area contributed by atoms with Crippen LogP contribution in [-0.4, -0.2) is 16.1 Å². The summed E-state index contributed by atoms with van der Waals surface area (Å²) in [7, 11) is 0. The molecule has 0 bridgehead atoms. The van der Waals surface area contributed by atoms with Gasteiger partial charge in [0.1, 0.15) is 4.88 Å². The van der Waals surface area contributed by atoms with Gasteiger partial charge in [-0.15, -0.1) is 0 Å². The van der Waals surface area contributed by atoms with Crippen molar-refractivity contribution in [2.24, 2.45) is 0 Å². The average molecular weight is 290 g/mol. The van der Waals surface area contributed by atoms with Crippen LogP contribution in [0.15, 0.2) is 0 Å². The smallest absolute Gasteiger partial charge is 0.435 e. The molecule has 0 aliphatic rings. The molecule has 0 N–H and O–H groups in total. The maximum Gasteiger partial charge on any atom is 0.435 e. The highest BCUT2D eigenvalue weighted by molar-refractivity contribution is 7.80. The first-order valence-electron chi connectivity index (χ1n) is 4.16. The molecule has 1 aromatic rings. The minimum atomic E-state index is -4.58. The second-order valence-electron chi connectivity index (χ2n) is 3.10. The quantitative estimate of drug-likeness (QED) is 0.771. The summed E-state index contributed by atoms with van der Waals surface area (Å²) in [5.41, 5.74) is -1.09. The largest absolute Gasteiger partial charge is 0.480 e. The third-order valence-electron chi connectivity index (χ3n) is 1.40. The van der Waals surface area contributed by atoms with Crippen LogP contribution in [0.4, 0.5) is 13.2 Å². The fourth-order valence-corrected chi connectivity index (χ4v) is 2.32. The standard InChI is InChI=1S/C8H7ClF3NOS2/c1-3(2)14-6(15)4-5(8(10,11)12)13-7(9)16-4/h3H,1-2H3. The van der Waals surface area contributed by atoms with Gasteiger partial charge in [-0.1, -0.05) is 22.9 Å². The molecule has 0 aliphatic heterocycles. The fourth-order valence-electron chi connectivity index (χ4n) is 0.892. The molecule has 8 heteroatoms. The minimum absolute atomic E-state index is 0.211. The molecule has 16 heavy (non-hydrogen) atoms. The summed E-state index contributed by atoms with van der Waals surface area (Å²) in [5, 5.41) is -0.230. The van der Waals surface area contributed by atoms with E-state index in [9.17, 15) is 13.2 Å². The first kappa shape index (κ1) is 13.7. The summed E-state index contributed by atoms with van der Waals surface area (Å²) >= 11 is 10.9. The maximum absolute atomic E-state index is 12.5. The van der Waals surface area contributed by atoms with E-state index in [1.54, 1.807) is 13.8 Å². The van der Waals surface area contributed by atoms with Crippen molar-refractivity contribution >= 4 is 40.2 Å². The predicted molar refractivity (Wildman–Crippen MR) is 60.0 cm³/mol. The van der Waals surface area contributed by atoms with Crippen molar-refractivity contribution < 1.29 is 17.9 Å². The average Bonchev–Trinajstić information content (AvgIpc) is 2.45. The van der Waals surface area contributed by atoms with Gasteiger partial charge in [-0.25, -0.2) is 4.98 Å². The van der Waals surface area contributed by atoms with Gasteiger partial charge in [0.2, 0.25) is 5.05 Å². The molecule has 0 saturated carbocycles. The second kappa shape index (κ2) is 4.85. The summed E-state index contributed by atoms with van der Waals surface area (Å²) in [6.45, 7) is 3.34. The number of thiazole rings is 1. The number of rotatable bonds is 2. The molecule has 0 amide bonds. The number of ether oxygens (including phenoxy) is 1. The Morgan fingerprint density at radius 1 is 1.50 bits per heavy atom. The van der Waals surface area contributed by atoms with E-state index in [1.165, 1.54) is 0 Å². The van der Waals surface area contributed by atoms with Gasteiger partial charge in [0.15, 0.2) is 10.2 Å². The van der Waals surface area contributed by atoms with Gasteiger partial charge in [0.05, 0.1) is 6.10 Å². The normalized spacial score (nSPS) is 11.9. The van der Waals surface area contributed by atoms with Gasteiger partial charge in [0, 0.05) is 0 Å². The zero-order valence-electron chi connectivity index (χ0n) is 8.26. The summed E-state index contributed by atoms with van der Waals surface area (Å²) in [6, 6.07) is 0. The van der Waals surface area contributed by atoms with Gasteiger partial charge in [0.25, 0.3) is 0 Å². The number of thiocarbonyl (C=S) groups is 1. The molecule has 0 aromatic carbocycles. The molecule has 2 nitrogen and oxygen atoms in total. The Hall–Kier alpha value is -0.400. The van der Waals surface area contributed by atoms with Crippen molar-refractivity contribution in [3.8, 4) is 0 Å². The van der Waals surface area contributed by atoms with Gasteiger partial charge in [-0.3, -0.25) is 0 Å². The molecule has 0 saturated heterocycles. The van der Waals surface area contributed by atoms with Gasteiger partial charge in [-0.2, -0.15) is 13.2 Å². The van der Waals surface area contributed by atoms with Gasteiger partial charge in [-0.05, 0) is 26.1 Å². The Morgan fingerprint density at radius 3 is 2.50 bits per heavy atom. The summed E-state index contributed by atoms with van der Waals surface area (Å²) in [5.74, 6) is 0. The molecule has 0 spiro atoms. The van der Waals surface area contributed by atoms with Crippen molar-refractivity contribution in [2.45, 2.75) is 26.1 Å². The Morgan fingerprint density at radius 2 is 2.06 bits per heavy atom. The molecular formula is C8H7ClF3NOS2. The van der Waals surface area contributed by atoms with E-state index in [2.05, 4.69) is 4.98 Å². The monoisotopic (exact) mass is 289 g/mol. The number of hydrogen-bond acceptors (Lipinski definition) is 4. The number of nitrogens with zero attached hydrogens (tertiary/aromatic N) is 1. The highest BCUT2D eigenvalue weighted by Gasteiger charge is 2.39. The van der Waals surface area contributed by atoms with Crippen LogP contribution in [0.25, 0.3) is 0 Å². The lowest BCUT2D eigenvalue weighted by molar-refractivity contribution is -0.140. The molecule has 0 fully saturated rings. The molecule has 1 aromatic heterocycles. The van der Waals surface area contributed by atoms with E-state index in [1.807, 2.05) is 0 Å². The van der Waals surface area contributed by atoms with E-state index in [0.717, 1.165) is 0 Å². The SMILES string of the molecule is CC(C)OC(=S)c1sc(Cl)nc1C(F)(F)F. The zero-order valence-corrected chi connectivity index (χ0v) is 10.7. The van der Waals surface area contributed by atoms with Crippen LogP contribution in [0, 0.1) is 0 Å². The highest BCUT2D eigenvalue weighted by atomic mass is 35.5. The summed E-state index contributed by atoms with van der Waals surface area (Å²) < 4.78 is 42.4. The zero-order chi connectivity index (χ0) is 12.5. The van der Waals surface area contributed by atoms with Crippen LogP contribution >= 0.6 is 35.2 Å². The minimum Gasteiger partial charge on any atom is -0.480 e. The number of hydrogen-bond donors (Lipinski definition) is 0. The predicted octanol–water partition coefficient (Wildman–Crippen LogP) is 3.92. The Kier molecular flexibility index (Phi) is 4.14. The number of halogens is 4. The Bertz CT molecular complexity index is 402. The summed E-state index contributed by atoms with van der Waals surface area (Å²) in [6.07, 6.45) is -4.88. The van der Waals surface area contributed by atoms with E-state index in [0.29, 0.717) is 11.3 Å². The highest BCUT2D eigenvalue weighted by Crippen LogP contribution is 2.36. The van der Waals surface area contributed by atoms with E-state index in [4.69, 9.17) is 28.6 Å². The molecule has 90 valence electrons. The molecule has 0 atom stereocenters. The lowest BCUT2D eigenvalue weighted by Crippen LogP contribution is -2.15. The van der Waals surface area contributed by atoms with Crippen molar-refractivity contribution in [3.63, 3.8) is 0 Å². The second-order valence-corrected chi connectivity index (χ2v) is 5.05. The topological polar surface area (TPSA) is 22.1 Å². The molecule has 1 rings (SSSR count). The lowest BCUT2D eigenvalue weighted by atomic mass is 10.3. The Labute approximate surface area is 104 Å². The van der Waals surface area contributed by atoms with Crippen LogP contribution in [0.1, 0.15) is 24.4 Å². The van der Waals surface area contributed by atoms with E-state index in [-0.39, 0.29) is 20.5 Å². The Balaban J connectivity index is 3.09. The van der Waals surface area contributed by atoms with Crippen LogP contribution in [0.3, 0.4) is 0 Å². The molecular weight excluding hydrogens is 283 g/mol. The molecule has 0 unspecified atom stereocenters. The lowest BCUT2D eigenvalue weighted by Gasteiger charge is -2.11. The van der Waals surface area contributed by atoms with E-state index < -0.39 is 11.9 Å². The van der Waals surface area contributed by atoms with Gasteiger partial charge >= 0.3 is 6.18 Å². The molecule has 0 radical (unpaired) electrons. The van der Waals surface area contributed by atoms with E-state index >= 15 is 0 Å². The summed E-state index contributed by atoms with van der Waals surface area (Å²) in [4.78, 5) is 2.95. The van der Waals surface area contributed by atoms with Crippen LogP contribution in [0.5, 0.6) is 0 Å².